The summed E-state index contributed by atoms with van der Waals surface area (Å²) in [6, 6.07) is 0. The largest absolute Gasteiger partial charge is 0.450 e. The number of rotatable bonds is 2. The summed E-state index contributed by atoms with van der Waals surface area (Å²) >= 11 is 0. The first kappa shape index (κ1) is 9.44. The van der Waals surface area contributed by atoms with Crippen molar-refractivity contribution in [1.29, 1.82) is 0 Å². The third-order valence-electron chi connectivity index (χ3n) is 2.00. The molecule has 3 nitrogen and oxygen atoms in total. The van der Waals surface area contributed by atoms with E-state index in [1.807, 2.05) is 9.47 Å². The van der Waals surface area contributed by atoms with E-state index in [-0.39, 0.29) is 11.8 Å². The van der Waals surface area contributed by atoms with Crippen LogP contribution in [-0.4, -0.2) is 19.4 Å². The van der Waals surface area contributed by atoms with Crippen LogP contribution in [0.5, 0.6) is 0 Å². The number of carbonyl (C=O) groups excluding carboxylic acids is 1. The molecule has 0 saturated heterocycles. The zero-order valence-corrected chi connectivity index (χ0v) is 8.35. The normalized spacial score (nSPS) is 36.0. The molecule has 0 aromatic carbocycles. The van der Waals surface area contributed by atoms with Crippen LogP contribution in [0, 0.1) is 0 Å². The van der Waals surface area contributed by atoms with Crippen LogP contribution in [0.15, 0.2) is 0 Å². The molecule has 0 aliphatic heterocycles. The number of hydrogen-bond donors (Lipinski definition) is 1. The van der Waals surface area contributed by atoms with Gasteiger partial charge in [-0.3, -0.25) is 5.09 Å². The van der Waals surface area contributed by atoms with Crippen molar-refractivity contribution in [2.45, 2.75) is 24.2 Å². The molecule has 1 fully saturated rings. The van der Waals surface area contributed by atoms with Gasteiger partial charge in [-0.15, -0.1) is 0 Å². The molecule has 1 saturated carbocycles. The van der Waals surface area contributed by atoms with Gasteiger partial charge in [-0.1, -0.05) is 15.2 Å². The maximum atomic E-state index is 11.1. The second-order valence-electron chi connectivity index (χ2n) is 2.80. The highest BCUT2D eigenvalue weighted by molar-refractivity contribution is 7.14. The standard InChI is InChI=1S/C5H10BNO2P2/c6-3-1-5(2-3,7-10)4(8)9-11/h3,7H,1-2,10-11H2. The molecule has 60 valence electrons. The lowest BCUT2D eigenvalue weighted by Gasteiger charge is -2.43. The summed E-state index contributed by atoms with van der Waals surface area (Å²) in [5.41, 5.74) is -0.550. The lowest BCUT2D eigenvalue weighted by atomic mass is 9.60. The fraction of sp³-hybridized carbons (Fsp3) is 0.800. The van der Waals surface area contributed by atoms with Crippen LogP contribution in [0.3, 0.4) is 0 Å². The van der Waals surface area contributed by atoms with Crippen LogP contribution < -0.4 is 5.09 Å². The Hall–Kier alpha value is 0.355. The minimum absolute atomic E-state index is 0.118. The quantitative estimate of drug-likeness (QED) is 0.497. The molecule has 0 spiro atoms. The number of carbonyl (C=O) groups is 1. The van der Waals surface area contributed by atoms with Gasteiger partial charge in [0.25, 0.3) is 0 Å². The van der Waals surface area contributed by atoms with Gasteiger partial charge in [0.15, 0.2) is 0 Å². The Morgan fingerprint density at radius 1 is 1.73 bits per heavy atom. The molecular weight excluding hydrogens is 179 g/mol. The maximum absolute atomic E-state index is 11.1. The van der Waals surface area contributed by atoms with Gasteiger partial charge in [0.05, 0.1) is 17.3 Å². The lowest BCUT2D eigenvalue weighted by Crippen LogP contribution is -2.56. The Kier molecular flexibility index (Phi) is 2.91. The summed E-state index contributed by atoms with van der Waals surface area (Å²) in [7, 11) is 9.82. The topological polar surface area (TPSA) is 38.3 Å². The molecule has 11 heavy (non-hydrogen) atoms. The predicted octanol–water partition coefficient (Wildman–Crippen LogP) is 0.189. The van der Waals surface area contributed by atoms with Gasteiger partial charge in [0, 0.05) is 0 Å². The third kappa shape index (κ3) is 1.59. The summed E-state index contributed by atoms with van der Waals surface area (Å²) in [6.45, 7) is 0. The average molecular weight is 189 g/mol. The summed E-state index contributed by atoms with van der Waals surface area (Å²) in [5, 5.41) is 2.84. The average Bonchev–Trinajstić information content (AvgIpc) is 1.96. The second kappa shape index (κ2) is 3.39. The molecule has 2 atom stereocenters. The number of hydrogen-bond acceptors (Lipinski definition) is 3. The first-order valence-electron chi connectivity index (χ1n) is 3.29. The Morgan fingerprint density at radius 2 is 2.27 bits per heavy atom. The maximum Gasteiger partial charge on any atom is 0.328 e. The monoisotopic (exact) mass is 189 g/mol. The molecule has 2 radical (unpaired) electrons. The Bertz CT molecular complexity index is 172. The van der Waals surface area contributed by atoms with Crippen LogP contribution >= 0.6 is 18.9 Å². The van der Waals surface area contributed by atoms with Crippen LogP contribution in [-0.2, 0) is 9.32 Å². The van der Waals surface area contributed by atoms with Crippen molar-refractivity contribution in [2.24, 2.45) is 0 Å². The summed E-state index contributed by atoms with van der Waals surface area (Å²) in [4.78, 5) is 11.1. The van der Waals surface area contributed by atoms with E-state index in [0.717, 1.165) is 0 Å². The van der Waals surface area contributed by atoms with Crippen LogP contribution in [0.2, 0.25) is 5.82 Å². The highest BCUT2D eigenvalue weighted by atomic mass is 31.0. The second-order valence-corrected chi connectivity index (χ2v) is 3.32. The van der Waals surface area contributed by atoms with Gasteiger partial charge >= 0.3 is 5.97 Å². The Balaban J connectivity index is 2.57. The molecule has 0 amide bonds. The van der Waals surface area contributed by atoms with E-state index >= 15 is 0 Å². The molecule has 1 aliphatic carbocycles. The fourth-order valence-electron chi connectivity index (χ4n) is 1.29. The molecule has 1 rings (SSSR count). The zero-order valence-electron chi connectivity index (χ0n) is 6.04. The van der Waals surface area contributed by atoms with Gasteiger partial charge in [-0.25, -0.2) is 4.79 Å². The summed E-state index contributed by atoms with van der Waals surface area (Å²) < 4.78 is 4.54. The molecule has 0 bridgehead atoms. The smallest absolute Gasteiger partial charge is 0.328 e. The van der Waals surface area contributed by atoms with Crippen LogP contribution in [0.25, 0.3) is 0 Å². The van der Waals surface area contributed by atoms with Crippen molar-refractivity contribution in [2.75, 3.05) is 0 Å². The Labute approximate surface area is 72.0 Å². The van der Waals surface area contributed by atoms with Crippen molar-refractivity contribution in [3.63, 3.8) is 0 Å². The molecule has 0 aromatic heterocycles. The molecule has 6 heteroatoms. The van der Waals surface area contributed by atoms with E-state index in [0.29, 0.717) is 12.8 Å². The van der Waals surface area contributed by atoms with E-state index in [1.54, 1.807) is 0 Å². The molecule has 2 unspecified atom stereocenters. The van der Waals surface area contributed by atoms with Gasteiger partial charge in [-0.2, -0.15) is 0 Å². The van der Waals surface area contributed by atoms with E-state index in [4.69, 9.17) is 7.85 Å². The van der Waals surface area contributed by atoms with Crippen LogP contribution in [0.1, 0.15) is 12.8 Å². The highest BCUT2D eigenvalue weighted by Crippen LogP contribution is 2.42. The highest BCUT2D eigenvalue weighted by Gasteiger charge is 2.47. The molecule has 1 N–H and O–H groups in total. The summed E-state index contributed by atoms with van der Waals surface area (Å²) in [5.74, 6) is -0.147. The van der Waals surface area contributed by atoms with E-state index in [9.17, 15) is 4.79 Å². The van der Waals surface area contributed by atoms with Gasteiger partial charge in [0.2, 0.25) is 0 Å². The SMILES string of the molecule is [B]C1CC(NP)(C(=O)OP)C1. The van der Waals surface area contributed by atoms with E-state index in [1.165, 1.54) is 0 Å². The fourth-order valence-corrected chi connectivity index (χ4v) is 1.87. The minimum atomic E-state index is -0.550. The molecule has 0 heterocycles. The first-order valence-corrected chi connectivity index (χ1v) is 4.34. The summed E-state index contributed by atoms with van der Waals surface area (Å²) in [6.07, 6.45) is 1.29. The molecule has 1 aliphatic rings. The van der Waals surface area contributed by atoms with Gasteiger partial charge in [-0.05, 0) is 12.8 Å². The first-order chi connectivity index (χ1) is 5.14. The van der Waals surface area contributed by atoms with Gasteiger partial charge < -0.3 is 4.52 Å². The lowest BCUT2D eigenvalue weighted by molar-refractivity contribution is -0.143. The third-order valence-corrected chi connectivity index (χ3v) is 2.76. The van der Waals surface area contributed by atoms with Crippen molar-refractivity contribution in [3.8, 4) is 0 Å². The Morgan fingerprint density at radius 3 is 2.55 bits per heavy atom. The number of nitrogens with one attached hydrogen (secondary N) is 1. The van der Waals surface area contributed by atoms with Crippen molar-refractivity contribution in [3.05, 3.63) is 0 Å². The minimum Gasteiger partial charge on any atom is -0.450 e. The zero-order chi connectivity index (χ0) is 8.48. The predicted molar refractivity (Wildman–Crippen MR) is 50.1 cm³/mol. The molecule has 0 aromatic rings. The van der Waals surface area contributed by atoms with Crippen molar-refractivity contribution >= 4 is 32.7 Å². The van der Waals surface area contributed by atoms with Crippen molar-refractivity contribution in [1.82, 2.24) is 5.09 Å². The van der Waals surface area contributed by atoms with Crippen LogP contribution in [0.4, 0.5) is 0 Å². The van der Waals surface area contributed by atoms with E-state index < -0.39 is 5.54 Å². The van der Waals surface area contributed by atoms with Crippen molar-refractivity contribution < 1.29 is 9.32 Å². The van der Waals surface area contributed by atoms with E-state index in [2.05, 4.69) is 19.0 Å². The molecular formula is C5H10BNO2P2. The van der Waals surface area contributed by atoms with Gasteiger partial charge in [0.1, 0.15) is 5.54 Å².